The summed E-state index contributed by atoms with van der Waals surface area (Å²) in [5, 5.41) is 6.20. The second-order valence-corrected chi connectivity index (χ2v) is 7.15. The number of allylic oxidation sites excluding steroid dienone is 1. The Balaban J connectivity index is 1.70. The number of Topliss-reactive ketones (excluding diaryl/α,β-unsaturated/α-hetero) is 1. The molecule has 6 heteroatoms. The van der Waals surface area contributed by atoms with Crippen molar-refractivity contribution >= 4 is 23.4 Å². The average molecular weight is 383 g/mol. The molecule has 2 aromatic rings. The van der Waals surface area contributed by atoms with Gasteiger partial charge >= 0.3 is 6.03 Å². The van der Waals surface area contributed by atoms with Crippen LogP contribution in [0.1, 0.15) is 35.9 Å². The summed E-state index contributed by atoms with van der Waals surface area (Å²) in [4.78, 5) is 25.2. The van der Waals surface area contributed by atoms with E-state index in [4.69, 9.17) is 16.3 Å². The normalized spacial score (nSPS) is 22.0. The van der Waals surface area contributed by atoms with Gasteiger partial charge in [0.25, 0.3) is 0 Å². The molecular weight excluding hydrogens is 364 g/mol. The van der Waals surface area contributed by atoms with Gasteiger partial charge in [-0.05, 0) is 41.7 Å². The lowest BCUT2D eigenvalue weighted by Crippen LogP contribution is -2.47. The second-order valence-electron chi connectivity index (χ2n) is 6.75. The van der Waals surface area contributed by atoms with Gasteiger partial charge < -0.3 is 15.4 Å². The molecule has 2 aliphatic rings. The lowest BCUT2D eigenvalue weighted by Gasteiger charge is -2.35. The summed E-state index contributed by atoms with van der Waals surface area (Å²) >= 11 is 6.32. The molecule has 0 radical (unpaired) electrons. The molecule has 0 saturated carbocycles. The number of amides is 2. The number of carbonyl (C=O) groups is 2. The standard InChI is InChI=1S/C21H19ClN2O3/c1-27-14-8-6-12(7-9-14)13-10-17-19(18(25)11-13)20(24-21(26)23-17)15-4-2-3-5-16(15)22/h2-9,13,20H,10-11H2,1H3,(H2,23,24,26)/t13-,20+/m0/s1. The fourth-order valence-electron chi connectivity index (χ4n) is 3.81. The molecule has 1 aliphatic carbocycles. The van der Waals surface area contributed by atoms with Gasteiger partial charge in [-0.3, -0.25) is 4.79 Å². The Morgan fingerprint density at radius 3 is 2.48 bits per heavy atom. The van der Waals surface area contributed by atoms with Gasteiger partial charge in [0.2, 0.25) is 0 Å². The molecule has 27 heavy (non-hydrogen) atoms. The molecule has 1 heterocycles. The average Bonchev–Trinajstić information content (AvgIpc) is 2.67. The summed E-state index contributed by atoms with van der Waals surface area (Å²) in [6, 6.07) is 14.1. The predicted molar refractivity (Wildman–Crippen MR) is 103 cm³/mol. The van der Waals surface area contributed by atoms with Gasteiger partial charge in [-0.1, -0.05) is 41.9 Å². The van der Waals surface area contributed by atoms with E-state index in [9.17, 15) is 9.59 Å². The van der Waals surface area contributed by atoms with Crippen LogP contribution in [0, 0.1) is 0 Å². The van der Waals surface area contributed by atoms with E-state index in [-0.39, 0.29) is 17.7 Å². The summed E-state index contributed by atoms with van der Waals surface area (Å²) in [6.45, 7) is 0. The molecule has 0 spiro atoms. The fourth-order valence-corrected chi connectivity index (χ4v) is 4.06. The Bertz CT molecular complexity index is 937. The van der Waals surface area contributed by atoms with Gasteiger partial charge in [0, 0.05) is 22.7 Å². The Hall–Kier alpha value is -2.79. The van der Waals surface area contributed by atoms with Crippen molar-refractivity contribution in [1.29, 1.82) is 0 Å². The van der Waals surface area contributed by atoms with Gasteiger partial charge in [-0.2, -0.15) is 0 Å². The molecule has 138 valence electrons. The maximum absolute atomic E-state index is 13.0. The fraction of sp³-hybridized carbons (Fsp3) is 0.238. The molecule has 5 nitrogen and oxygen atoms in total. The zero-order valence-corrected chi connectivity index (χ0v) is 15.5. The van der Waals surface area contributed by atoms with Crippen molar-refractivity contribution in [2.75, 3.05) is 7.11 Å². The molecule has 1 aliphatic heterocycles. The number of halogens is 1. The van der Waals surface area contributed by atoms with Crippen LogP contribution in [0.2, 0.25) is 5.02 Å². The minimum atomic E-state index is -0.522. The topological polar surface area (TPSA) is 67.4 Å². The number of urea groups is 1. The highest BCUT2D eigenvalue weighted by Crippen LogP contribution is 2.41. The summed E-state index contributed by atoms with van der Waals surface area (Å²) in [7, 11) is 1.62. The van der Waals surface area contributed by atoms with Crippen LogP contribution in [0.4, 0.5) is 4.79 Å². The van der Waals surface area contributed by atoms with E-state index < -0.39 is 6.04 Å². The van der Waals surface area contributed by atoms with Crippen molar-refractivity contribution in [1.82, 2.24) is 10.6 Å². The van der Waals surface area contributed by atoms with Gasteiger partial charge in [0.1, 0.15) is 5.75 Å². The molecule has 4 rings (SSSR count). The van der Waals surface area contributed by atoms with Crippen molar-refractivity contribution in [3.05, 3.63) is 76.0 Å². The maximum atomic E-state index is 13.0. The summed E-state index contributed by atoms with van der Waals surface area (Å²) in [5.74, 6) is 0.816. The largest absolute Gasteiger partial charge is 0.497 e. The summed E-state index contributed by atoms with van der Waals surface area (Å²) in [5.41, 5.74) is 3.07. The third kappa shape index (κ3) is 3.30. The maximum Gasteiger partial charge on any atom is 0.319 e. The van der Waals surface area contributed by atoms with Crippen LogP contribution in [0.25, 0.3) is 0 Å². The molecule has 0 aromatic heterocycles. The third-order valence-electron chi connectivity index (χ3n) is 5.14. The van der Waals surface area contributed by atoms with E-state index in [1.54, 1.807) is 13.2 Å². The van der Waals surface area contributed by atoms with E-state index in [0.29, 0.717) is 29.1 Å². The monoisotopic (exact) mass is 382 g/mol. The minimum Gasteiger partial charge on any atom is -0.497 e. The lowest BCUT2D eigenvalue weighted by atomic mass is 9.78. The zero-order chi connectivity index (χ0) is 19.0. The first-order valence-corrected chi connectivity index (χ1v) is 9.16. The zero-order valence-electron chi connectivity index (χ0n) is 14.8. The number of benzene rings is 2. The Kier molecular flexibility index (Phi) is 4.62. The number of hydrogen-bond acceptors (Lipinski definition) is 3. The molecule has 0 bridgehead atoms. The Morgan fingerprint density at radius 1 is 1.04 bits per heavy atom. The first-order chi connectivity index (χ1) is 13.1. The molecule has 2 aromatic carbocycles. The number of ether oxygens (including phenoxy) is 1. The van der Waals surface area contributed by atoms with Gasteiger partial charge in [0.15, 0.2) is 5.78 Å². The third-order valence-corrected chi connectivity index (χ3v) is 5.48. The quantitative estimate of drug-likeness (QED) is 0.839. The molecule has 0 unspecified atom stereocenters. The van der Waals surface area contributed by atoms with E-state index in [0.717, 1.165) is 16.9 Å². The molecule has 0 saturated heterocycles. The molecule has 2 atom stereocenters. The van der Waals surface area contributed by atoms with Crippen molar-refractivity contribution in [3.63, 3.8) is 0 Å². The van der Waals surface area contributed by atoms with E-state index in [1.165, 1.54) is 0 Å². The van der Waals surface area contributed by atoms with Crippen molar-refractivity contribution in [2.24, 2.45) is 0 Å². The SMILES string of the molecule is COc1ccc([C@@H]2CC(=O)C3=C(C2)NC(=O)N[C@@H]3c2ccccc2Cl)cc1. The van der Waals surface area contributed by atoms with Crippen LogP contribution in [0.3, 0.4) is 0 Å². The number of rotatable bonds is 3. The first-order valence-electron chi connectivity index (χ1n) is 8.79. The van der Waals surface area contributed by atoms with Crippen molar-refractivity contribution in [3.8, 4) is 5.75 Å². The van der Waals surface area contributed by atoms with Crippen LogP contribution < -0.4 is 15.4 Å². The van der Waals surface area contributed by atoms with E-state index in [1.807, 2.05) is 42.5 Å². The second kappa shape index (κ2) is 7.08. The smallest absolute Gasteiger partial charge is 0.319 e. The molecule has 2 N–H and O–H groups in total. The predicted octanol–water partition coefficient (Wildman–Crippen LogP) is 4.10. The van der Waals surface area contributed by atoms with Crippen molar-refractivity contribution < 1.29 is 14.3 Å². The highest BCUT2D eigenvalue weighted by atomic mass is 35.5. The Morgan fingerprint density at radius 2 is 1.78 bits per heavy atom. The van der Waals surface area contributed by atoms with E-state index in [2.05, 4.69) is 10.6 Å². The van der Waals surface area contributed by atoms with Crippen LogP contribution in [-0.4, -0.2) is 18.9 Å². The van der Waals surface area contributed by atoms with Gasteiger partial charge in [-0.15, -0.1) is 0 Å². The number of ketones is 1. The van der Waals surface area contributed by atoms with E-state index >= 15 is 0 Å². The van der Waals surface area contributed by atoms with Crippen LogP contribution in [0.5, 0.6) is 5.75 Å². The highest BCUT2D eigenvalue weighted by Gasteiger charge is 2.38. The van der Waals surface area contributed by atoms with Crippen LogP contribution >= 0.6 is 11.6 Å². The number of nitrogens with one attached hydrogen (secondary N) is 2. The molecule has 2 amide bonds. The number of methoxy groups -OCH3 is 1. The number of carbonyl (C=O) groups excluding carboxylic acids is 2. The highest BCUT2D eigenvalue weighted by molar-refractivity contribution is 6.31. The van der Waals surface area contributed by atoms with Crippen LogP contribution in [0.15, 0.2) is 59.8 Å². The number of hydrogen-bond donors (Lipinski definition) is 2. The summed E-state index contributed by atoms with van der Waals surface area (Å²) in [6.07, 6.45) is 0.992. The van der Waals surface area contributed by atoms with Crippen molar-refractivity contribution in [2.45, 2.75) is 24.8 Å². The van der Waals surface area contributed by atoms with Crippen LogP contribution in [-0.2, 0) is 4.79 Å². The lowest BCUT2D eigenvalue weighted by molar-refractivity contribution is -0.116. The first kappa shape index (κ1) is 17.6. The Labute approximate surface area is 162 Å². The van der Waals surface area contributed by atoms with Gasteiger partial charge in [0.05, 0.1) is 13.2 Å². The van der Waals surface area contributed by atoms with Gasteiger partial charge in [-0.25, -0.2) is 4.79 Å². The molecule has 0 fully saturated rings. The minimum absolute atomic E-state index is 0.0208. The summed E-state index contributed by atoms with van der Waals surface area (Å²) < 4.78 is 5.20. The molecular formula is C21H19ClN2O3.